The highest BCUT2D eigenvalue weighted by atomic mass is 16.5. The molecule has 4 atom stereocenters. The molecule has 0 saturated heterocycles. The van der Waals surface area contributed by atoms with Crippen molar-refractivity contribution in [3.63, 3.8) is 0 Å². The number of rotatable bonds is 13. The van der Waals surface area contributed by atoms with Gasteiger partial charge >= 0.3 is 11.9 Å². The molecule has 4 aromatic rings. The number of hydrogen-bond donors (Lipinski definition) is 4. The van der Waals surface area contributed by atoms with Gasteiger partial charge in [0.25, 0.3) is 0 Å². The Balaban J connectivity index is 1.78. The number of benzene rings is 4. The molecule has 2 aliphatic rings. The second-order valence-corrected chi connectivity index (χ2v) is 13.4. The lowest BCUT2D eigenvalue weighted by Gasteiger charge is -2.32. The maximum Gasteiger partial charge on any atom is 0.338 e. The summed E-state index contributed by atoms with van der Waals surface area (Å²) in [5, 5.41) is 46.4. The molecule has 0 aliphatic heterocycles. The quantitative estimate of drug-likeness (QED) is 0.0970. The van der Waals surface area contributed by atoms with Crippen LogP contribution in [0.15, 0.2) is 42.5 Å². The molecule has 6 rings (SSSR count). The Morgan fingerprint density at radius 1 is 0.722 bits per heavy atom. The number of fused-ring (bicyclic) bond motifs is 2. The molecule has 4 N–H and O–H groups in total. The van der Waals surface area contributed by atoms with Crippen LogP contribution in [0.5, 0.6) is 23.0 Å². The fourth-order valence-electron chi connectivity index (χ4n) is 7.61. The molecule has 0 amide bonds. The number of ketones is 1. The fourth-order valence-corrected chi connectivity index (χ4v) is 7.61. The van der Waals surface area contributed by atoms with Crippen LogP contribution < -0.4 is 9.47 Å². The summed E-state index contributed by atoms with van der Waals surface area (Å²) in [6, 6.07) is 8.44. The minimum atomic E-state index is -1.40. The Morgan fingerprint density at radius 2 is 1.28 bits per heavy atom. The van der Waals surface area contributed by atoms with Gasteiger partial charge in [-0.2, -0.15) is 0 Å². The van der Waals surface area contributed by atoms with Crippen molar-refractivity contribution in [2.75, 3.05) is 28.4 Å². The van der Waals surface area contributed by atoms with Gasteiger partial charge in [0.15, 0.2) is 28.8 Å². The molecule has 0 radical (unpaired) electrons. The van der Waals surface area contributed by atoms with Crippen molar-refractivity contribution < 1.29 is 63.2 Å². The number of carbonyl (C=O) groups is 3. The van der Waals surface area contributed by atoms with E-state index in [2.05, 4.69) is 0 Å². The van der Waals surface area contributed by atoms with E-state index in [0.29, 0.717) is 44.0 Å². The Kier molecular flexibility index (Phi) is 10.5. The molecule has 54 heavy (non-hydrogen) atoms. The molecule has 0 saturated carbocycles. The van der Waals surface area contributed by atoms with E-state index in [4.69, 9.17) is 28.4 Å². The SMILES string of the molecule is COC1=CC(=O)c2c(O)c(OC)c(CC(C)OC(=O)CC(C)O)c3c2c1c1c2c(c(O)c(OC)c(CC(C)OC(=O)c4ccccc4)c23)C(O)C=C1OC. The maximum atomic E-state index is 14.0. The maximum absolute atomic E-state index is 14.0. The highest BCUT2D eigenvalue weighted by Gasteiger charge is 2.40. The van der Waals surface area contributed by atoms with Crippen molar-refractivity contribution in [3.8, 4) is 23.0 Å². The first-order valence-electron chi connectivity index (χ1n) is 17.3. The number of phenolic OH excluding ortho intramolecular Hbond substituents is 2. The predicted octanol–water partition coefficient (Wildman–Crippen LogP) is 5.67. The number of hydrogen-bond acceptors (Lipinski definition) is 13. The van der Waals surface area contributed by atoms with Crippen LogP contribution in [-0.4, -0.2) is 84.9 Å². The summed E-state index contributed by atoms with van der Waals surface area (Å²) in [5.41, 5.74) is 1.60. The summed E-state index contributed by atoms with van der Waals surface area (Å²) in [7, 11) is 5.47. The van der Waals surface area contributed by atoms with Gasteiger partial charge < -0.3 is 48.8 Å². The molecule has 0 heterocycles. The first-order chi connectivity index (χ1) is 25.8. The van der Waals surface area contributed by atoms with Crippen molar-refractivity contribution in [3.05, 3.63) is 81.4 Å². The van der Waals surface area contributed by atoms with Gasteiger partial charge in [-0.05, 0) is 49.8 Å². The third kappa shape index (κ3) is 6.32. The summed E-state index contributed by atoms with van der Waals surface area (Å²) in [6.07, 6.45) is -1.77. The lowest BCUT2D eigenvalue weighted by Crippen LogP contribution is -2.22. The van der Waals surface area contributed by atoms with Crippen LogP contribution in [0.2, 0.25) is 0 Å². The summed E-state index contributed by atoms with van der Waals surface area (Å²) >= 11 is 0. The summed E-state index contributed by atoms with van der Waals surface area (Å²) in [4.78, 5) is 39.9. The number of aliphatic hydroxyl groups excluding tert-OH is 2. The second kappa shape index (κ2) is 14.9. The van der Waals surface area contributed by atoms with E-state index in [1.54, 1.807) is 44.2 Å². The molecule has 13 heteroatoms. The number of esters is 2. The van der Waals surface area contributed by atoms with Gasteiger partial charge in [0.05, 0.1) is 52.1 Å². The number of phenols is 2. The predicted molar refractivity (Wildman–Crippen MR) is 198 cm³/mol. The first-order valence-corrected chi connectivity index (χ1v) is 17.3. The zero-order valence-corrected chi connectivity index (χ0v) is 30.9. The molecule has 0 bridgehead atoms. The summed E-state index contributed by atoms with van der Waals surface area (Å²) in [6.45, 7) is 4.77. The van der Waals surface area contributed by atoms with Gasteiger partial charge in [0, 0.05) is 57.5 Å². The Labute approximate surface area is 310 Å². The number of ether oxygens (including phenoxy) is 6. The Bertz CT molecular complexity index is 2250. The van der Waals surface area contributed by atoms with Gasteiger partial charge in [0.1, 0.15) is 29.8 Å². The van der Waals surface area contributed by atoms with Crippen LogP contribution in [0.25, 0.3) is 33.1 Å². The van der Waals surface area contributed by atoms with Crippen molar-refractivity contribution in [1.82, 2.24) is 0 Å². The molecular weight excluding hydrogens is 700 g/mol. The van der Waals surface area contributed by atoms with Crippen LogP contribution in [0.3, 0.4) is 0 Å². The van der Waals surface area contributed by atoms with Crippen molar-refractivity contribution in [2.45, 2.75) is 64.4 Å². The lowest BCUT2D eigenvalue weighted by molar-refractivity contribution is -0.150. The standard InChI is InChI=1S/C41H42O13/c1-18(42)13-28(45)53-19(2)14-22-29-30-23(15-20(3)54-41(48)21-11-9-8-10-12-21)40(52-7)38(47)32-25(44)17-27(50-5)34(36(30)32)33-26(49-4)16-24(43)31(35(29)33)37(46)39(22)51-6/h8-12,16-20,25,42,44,46-47H,13-15H2,1-7H3. The smallest absolute Gasteiger partial charge is 0.338 e. The van der Waals surface area contributed by atoms with Crippen LogP contribution in [-0.2, 0) is 36.6 Å². The molecular formula is C41H42O13. The van der Waals surface area contributed by atoms with Gasteiger partial charge in [-0.3, -0.25) is 9.59 Å². The van der Waals surface area contributed by atoms with E-state index < -0.39 is 47.9 Å². The third-order valence-corrected chi connectivity index (χ3v) is 9.64. The van der Waals surface area contributed by atoms with Gasteiger partial charge in [-0.15, -0.1) is 0 Å². The molecule has 284 valence electrons. The number of allylic oxidation sites excluding steroid dienone is 1. The molecule has 13 nitrogen and oxygen atoms in total. The number of methoxy groups -OCH3 is 4. The zero-order chi connectivity index (χ0) is 39.2. The van der Waals surface area contributed by atoms with Gasteiger partial charge in [-0.1, -0.05) is 18.2 Å². The number of carbonyl (C=O) groups excluding carboxylic acids is 3. The molecule has 4 aromatic carbocycles. The summed E-state index contributed by atoms with van der Waals surface area (Å²) < 4.78 is 34.8. The average Bonchev–Trinajstić information content (AvgIpc) is 3.12. The van der Waals surface area contributed by atoms with Crippen LogP contribution in [0, 0.1) is 0 Å². The normalized spacial score (nSPS) is 16.2. The van der Waals surface area contributed by atoms with Crippen LogP contribution in [0.1, 0.15) is 81.8 Å². The van der Waals surface area contributed by atoms with Crippen molar-refractivity contribution in [2.24, 2.45) is 0 Å². The summed E-state index contributed by atoms with van der Waals surface area (Å²) in [5.74, 6) is -2.49. The highest BCUT2D eigenvalue weighted by molar-refractivity contribution is 6.31. The monoisotopic (exact) mass is 742 g/mol. The minimum Gasteiger partial charge on any atom is -0.504 e. The number of aromatic hydroxyl groups is 2. The average molecular weight is 743 g/mol. The molecule has 4 unspecified atom stereocenters. The largest absolute Gasteiger partial charge is 0.504 e. The highest BCUT2D eigenvalue weighted by Crippen LogP contribution is 2.58. The second-order valence-electron chi connectivity index (χ2n) is 13.4. The number of aliphatic hydroxyl groups is 2. The van der Waals surface area contributed by atoms with E-state index in [1.165, 1.54) is 47.5 Å². The van der Waals surface area contributed by atoms with Crippen LogP contribution >= 0.6 is 0 Å². The Hall–Kier alpha value is -5.79. The van der Waals surface area contributed by atoms with E-state index in [-0.39, 0.29) is 64.5 Å². The van der Waals surface area contributed by atoms with Gasteiger partial charge in [-0.25, -0.2) is 4.79 Å². The first kappa shape index (κ1) is 38.0. The molecule has 2 aliphatic carbocycles. The lowest BCUT2D eigenvalue weighted by atomic mass is 9.75. The molecule has 0 aromatic heterocycles. The van der Waals surface area contributed by atoms with Gasteiger partial charge in [0.2, 0.25) is 0 Å². The van der Waals surface area contributed by atoms with E-state index in [1.807, 2.05) is 0 Å². The fraction of sp³-hybridized carbons (Fsp3) is 0.341. The molecule has 0 fully saturated rings. The van der Waals surface area contributed by atoms with Crippen LogP contribution in [0.4, 0.5) is 0 Å². The van der Waals surface area contributed by atoms with E-state index in [0.717, 1.165) is 0 Å². The molecule has 0 spiro atoms. The van der Waals surface area contributed by atoms with Crippen molar-refractivity contribution >= 4 is 50.8 Å². The third-order valence-electron chi connectivity index (χ3n) is 9.64. The topological polar surface area (TPSA) is 188 Å². The van der Waals surface area contributed by atoms with E-state index in [9.17, 15) is 34.8 Å². The van der Waals surface area contributed by atoms with E-state index >= 15 is 0 Å². The Morgan fingerprint density at radius 3 is 1.85 bits per heavy atom. The minimum absolute atomic E-state index is 0.0322. The van der Waals surface area contributed by atoms with Crippen molar-refractivity contribution in [1.29, 1.82) is 0 Å². The zero-order valence-electron chi connectivity index (χ0n) is 30.9.